The minimum atomic E-state index is -1.27. The summed E-state index contributed by atoms with van der Waals surface area (Å²) in [5.41, 5.74) is -0.267. The molecule has 1 amide bonds. The Kier molecular flexibility index (Phi) is 6.77. The van der Waals surface area contributed by atoms with Crippen LogP contribution in [-0.4, -0.2) is 35.0 Å². The average Bonchev–Trinajstić information content (AvgIpc) is 3.10. The predicted molar refractivity (Wildman–Crippen MR) is 124 cm³/mol. The Morgan fingerprint density at radius 2 is 1.80 bits per heavy atom. The zero-order valence-corrected chi connectivity index (χ0v) is 19.0. The zero-order valence-electron chi connectivity index (χ0n) is 19.0. The molecular weight excluding hydrogens is 458 g/mol. The number of benzene rings is 2. The number of ketones is 1. The standard InChI is InChI=1S/C26H22F2N2O5/c1-3-34-16-9-10-17(21(14-16)35-4-2)24(31)22-23(19-7-5-6-12-29-19)30(26(33)25(22)32)20-11-8-15(27)13-18(20)28/h5-14,23,31H,3-4H2,1-2H3/b24-22-. The molecule has 1 N–H and O–H groups in total. The number of halogens is 2. The molecule has 2 aromatic carbocycles. The monoisotopic (exact) mass is 480 g/mol. The van der Waals surface area contributed by atoms with E-state index in [0.717, 1.165) is 17.0 Å². The molecule has 1 aromatic heterocycles. The molecule has 3 aromatic rings. The third-order valence-corrected chi connectivity index (χ3v) is 5.40. The van der Waals surface area contributed by atoms with Gasteiger partial charge in [-0.15, -0.1) is 0 Å². The van der Waals surface area contributed by atoms with Gasteiger partial charge in [-0.25, -0.2) is 8.78 Å². The lowest BCUT2D eigenvalue weighted by molar-refractivity contribution is -0.132. The van der Waals surface area contributed by atoms with E-state index in [1.807, 2.05) is 6.92 Å². The van der Waals surface area contributed by atoms with E-state index in [0.29, 0.717) is 18.4 Å². The molecule has 0 saturated carbocycles. The second-order valence-electron chi connectivity index (χ2n) is 7.54. The highest BCUT2D eigenvalue weighted by Gasteiger charge is 2.48. The fourth-order valence-electron chi connectivity index (χ4n) is 3.95. The molecule has 180 valence electrons. The van der Waals surface area contributed by atoms with E-state index in [-0.39, 0.29) is 34.9 Å². The van der Waals surface area contributed by atoms with Crippen molar-refractivity contribution >= 4 is 23.1 Å². The molecule has 1 atom stereocenters. The van der Waals surface area contributed by atoms with Gasteiger partial charge < -0.3 is 14.6 Å². The van der Waals surface area contributed by atoms with Crippen molar-refractivity contribution in [2.24, 2.45) is 0 Å². The molecule has 35 heavy (non-hydrogen) atoms. The van der Waals surface area contributed by atoms with Crippen molar-refractivity contribution in [2.75, 3.05) is 18.1 Å². The summed E-state index contributed by atoms with van der Waals surface area (Å²) >= 11 is 0. The summed E-state index contributed by atoms with van der Waals surface area (Å²) < 4.78 is 39.4. The number of nitrogens with zero attached hydrogens (tertiary/aromatic N) is 2. The average molecular weight is 480 g/mol. The van der Waals surface area contributed by atoms with Crippen LogP contribution in [-0.2, 0) is 9.59 Å². The lowest BCUT2D eigenvalue weighted by atomic mass is 9.97. The number of amides is 1. The lowest BCUT2D eigenvalue weighted by Gasteiger charge is -2.25. The Labute approximate surface area is 200 Å². The first-order chi connectivity index (χ1) is 16.9. The number of rotatable bonds is 7. The van der Waals surface area contributed by atoms with Gasteiger partial charge in [0.25, 0.3) is 11.7 Å². The fraction of sp³-hybridized carbons (Fsp3) is 0.192. The molecular formula is C26H22F2N2O5. The van der Waals surface area contributed by atoms with Crippen LogP contribution < -0.4 is 14.4 Å². The predicted octanol–water partition coefficient (Wildman–Crippen LogP) is 4.78. The molecule has 1 aliphatic rings. The largest absolute Gasteiger partial charge is 0.507 e. The van der Waals surface area contributed by atoms with Crippen molar-refractivity contribution in [2.45, 2.75) is 19.9 Å². The van der Waals surface area contributed by atoms with E-state index >= 15 is 0 Å². The van der Waals surface area contributed by atoms with Crippen molar-refractivity contribution in [1.82, 2.24) is 4.98 Å². The number of aliphatic hydroxyl groups is 1. The number of anilines is 1. The van der Waals surface area contributed by atoms with E-state index in [4.69, 9.17) is 9.47 Å². The van der Waals surface area contributed by atoms with Gasteiger partial charge in [0, 0.05) is 18.3 Å². The first-order valence-electron chi connectivity index (χ1n) is 10.9. The Morgan fingerprint density at radius 1 is 1.03 bits per heavy atom. The zero-order chi connectivity index (χ0) is 25.1. The molecule has 0 radical (unpaired) electrons. The molecule has 2 heterocycles. The molecule has 1 unspecified atom stereocenters. The van der Waals surface area contributed by atoms with E-state index in [9.17, 15) is 23.5 Å². The van der Waals surface area contributed by atoms with Crippen molar-refractivity contribution in [3.05, 3.63) is 89.3 Å². The lowest BCUT2D eigenvalue weighted by Crippen LogP contribution is -2.30. The van der Waals surface area contributed by atoms with E-state index in [2.05, 4.69) is 4.98 Å². The number of hydrogen-bond donors (Lipinski definition) is 1. The van der Waals surface area contributed by atoms with Crippen LogP contribution in [0.2, 0.25) is 0 Å². The summed E-state index contributed by atoms with van der Waals surface area (Å²) in [6, 6.07) is 10.9. The highest BCUT2D eigenvalue weighted by atomic mass is 19.1. The molecule has 1 fully saturated rings. The van der Waals surface area contributed by atoms with Gasteiger partial charge in [0.15, 0.2) is 0 Å². The number of hydrogen-bond acceptors (Lipinski definition) is 6. The second-order valence-corrected chi connectivity index (χ2v) is 7.54. The van der Waals surface area contributed by atoms with Crippen LogP contribution in [0.15, 0.2) is 66.4 Å². The first kappa shape index (κ1) is 23.9. The van der Waals surface area contributed by atoms with Crippen molar-refractivity contribution in [3.63, 3.8) is 0 Å². The van der Waals surface area contributed by atoms with Crippen LogP contribution in [0, 0.1) is 11.6 Å². The van der Waals surface area contributed by atoms with Gasteiger partial charge in [0.2, 0.25) is 0 Å². The third-order valence-electron chi connectivity index (χ3n) is 5.40. The van der Waals surface area contributed by atoms with E-state index in [1.165, 1.54) is 12.3 Å². The number of aromatic nitrogens is 1. The molecule has 1 aliphatic heterocycles. The van der Waals surface area contributed by atoms with Crippen LogP contribution in [0.25, 0.3) is 5.76 Å². The minimum absolute atomic E-state index is 0.147. The summed E-state index contributed by atoms with van der Waals surface area (Å²) in [6.07, 6.45) is 1.44. The van der Waals surface area contributed by atoms with Crippen LogP contribution in [0.4, 0.5) is 14.5 Å². The van der Waals surface area contributed by atoms with Gasteiger partial charge in [-0.05, 0) is 50.2 Å². The minimum Gasteiger partial charge on any atom is -0.507 e. The van der Waals surface area contributed by atoms with Crippen molar-refractivity contribution in [3.8, 4) is 11.5 Å². The van der Waals surface area contributed by atoms with Gasteiger partial charge in [0.1, 0.15) is 34.9 Å². The molecule has 4 rings (SSSR count). The smallest absolute Gasteiger partial charge is 0.300 e. The molecule has 0 spiro atoms. The summed E-state index contributed by atoms with van der Waals surface area (Å²) in [5, 5.41) is 11.3. The molecule has 0 aliphatic carbocycles. The maximum Gasteiger partial charge on any atom is 0.300 e. The molecule has 7 nitrogen and oxygen atoms in total. The summed E-state index contributed by atoms with van der Waals surface area (Å²) in [5.74, 6) is -3.81. The number of carbonyl (C=O) groups excluding carboxylic acids is 2. The topological polar surface area (TPSA) is 89.0 Å². The summed E-state index contributed by atoms with van der Waals surface area (Å²) in [7, 11) is 0. The van der Waals surface area contributed by atoms with Gasteiger partial charge in [-0.1, -0.05) is 6.07 Å². The number of pyridine rings is 1. The Bertz CT molecular complexity index is 1310. The van der Waals surface area contributed by atoms with Gasteiger partial charge in [-0.2, -0.15) is 0 Å². The second kappa shape index (κ2) is 9.92. The number of carbonyl (C=O) groups is 2. The molecule has 0 bridgehead atoms. The Morgan fingerprint density at radius 3 is 2.46 bits per heavy atom. The summed E-state index contributed by atoms with van der Waals surface area (Å²) in [4.78, 5) is 31.4. The fourth-order valence-corrected chi connectivity index (χ4v) is 3.95. The van der Waals surface area contributed by atoms with Gasteiger partial charge >= 0.3 is 0 Å². The van der Waals surface area contributed by atoms with Crippen molar-refractivity contribution in [1.29, 1.82) is 0 Å². The van der Waals surface area contributed by atoms with Gasteiger partial charge in [0.05, 0.1) is 35.7 Å². The van der Waals surface area contributed by atoms with Crippen LogP contribution in [0.3, 0.4) is 0 Å². The number of ether oxygens (including phenoxy) is 2. The molecule has 9 heteroatoms. The van der Waals surface area contributed by atoms with Crippen LogP contribution in [0.1, 0.15) is 31.1 Å². The highest BCUT2D eigenvalue weighted by molar-refractivity contribution is 6.51. The SMILES string of the molecule is CCOc1ccc(/C(O)=C2/C(=O)C(=O)N(c3ccc(F)cc3F)C2c2ccccn2)c(OCC)c1. The normalized spacial score (nSPS) is 17.0. The molecule has 1 saturated heterocycles. The van der Waals surface area contributed by atoms with E-state index < -0.39 is 35.1 Å². The Hall–Kier alpha value is -4.27. The third kappa shape index (κ3) is 4.44. The van der Waals surface area contributed by atoms with Crippen LogP contribution in [0.5, 0.6) is 11.5 Å². The maximum atomic E-state index is 14.7. The Balaban J connectivity index is 1.95. The number of aliphatic hydroxyl groups excluding tert-OH is 1. The maximum absolute atomic E-state index is 14.7. The van der Waals surface area contributed by atoms with E-state index in [1.54, 1.807) is 37.3 Å². The van der Waals surface area contributed by atoms with Gasteiger partial charge in [-0.3, -0.25) is 19.5 Å². The van der Waals surface area contributed by atoms with Crippen LogP contribution >= 0.6 is 0 Å². The first-order valence-corrected chi connectivity index (χ1v) is 10.9. The quantitative estimate of drug-likeness (QED) is 0.297. The highest BCUT2D eigenvalue weighted by Crippen LogP contribution is 2.43. The number of Topliss-reactive ketones (excluding diaryl/α,β-unsaturated/α-hetero) is 1. The van der Waals surface area contributed by atoms with Crippen molar-refractivity contribution < 1.29 is 33.0 Å². The summed E-state index contributed by atoms with van der Waals surface area (Å²) in [6.45, 7) is 4.23.